The second-order valence-electron chi connectivity index (χ2n) is 4.69. The van der Waals surface area contributed by atoms with Crippen molar-refractivity contribution in [2.75, 3.05) is 6.54 Å². The first-order chi connectivity index (χ1) is 8.40. The van der Waals surface area contributed by atoms with Crippen LogP contribution in [-0.2, 0) is 0 Å². The van der Waals surface area contributed by atoms with Crippen molar-refractivity contribution in [1.82, 2.24) is 9.55 Å². The van der Waals surface area contributed by atoms with Crippen LogP contribution in [0, 0.1) is 5.92 Å². The molecule has 3 rings (SSSR count). The number of hydrogen-bond acceptors (Lipinski definition) is 2. The lowest BCUT2D eigenvalue weighted by atomic mass is 10.1. The molecule has 17 heavy (non-hydrogen) atoms. The van der Waals surface area contributed by atoms with Crippen LogP contribution < -0.4 is 5.73 Å². The van der Waals surface area contributed by atoms with Crippen molar-refractivity contribution < 1.29 is 0 Å². The number of imidazole rings is 1. The molecule has 3 heteroatoms. The second kappa shape index (κ2) is 4.34. The van der Waals surface area contributed by atoms with Gasteiger partial charge in [0.2, 0.25) is 0 Å². The minimum Gasteiger partial charge on any atom is -0.328 e. The molecular formula is C14H17N3. The van der Waals surface area contributed by atoms with Crippen molar-refractivity contribution >= 4 is 0 Å². The smallest absolute Gasteiger partial charge is 0.0954 e. The Morgan fingerprint density at radius 3 is 2.71 bits per heavy atom. The van der Waals surface area contributed by atoms with Gasteiger partial charge in [-0.3, -0.25) is 0 Å². The van der Waals surface area contributed by atoms with Gasteiger partial charge in [-0.2, -0.15) is 0 Å². The Kier molecular flexibility index (Phi) is 2.69. The highest BCUT2D eigenvalue weighted by Gasteiger charge is 2.32. The topological polar surface area (TPSA) is 43.8 Å². The van der Waals surface area contributed by atoms with Crippen LogP contribution in [0.1, 0.15) is 18.9 Å². The maximum absolute atomic E-state index is 5.90. The summed E-state index contributed by atoms with van der Waals surface area (Å²) < 4.78 is 2.24. The summed E-state index contributed by atoms with van der Waals surface area (Å²) in [6.45, 7) is 0.695. The Labute approximate surface area is 101 Å². The fourth-order valence-electron chi connectivity index (χ4n) is 2.42. The summed E-state index contributed by atoms with van der Waals surface area (Å²) in [6, 6.07) is 10.8. The molecule has 0 amide bonds. The highest BCUT2D eigenvalue weighted by atomic mass is 15.1. The standard InChI is InChI=1S/C14H17N3/c15-8-13(12-6-7-12)17-10-16-9-14(17)11-4-2-1-3-5-11/h1-5,9-10,12-13H,6-8,15H2. The third-order valence-electron chi connectivity index (χ3n) is 3.50. The van der Waals surface area contributed by atoms with Gasteiger partial charge in [-0.15, -0.1) is 0 Å². The Hall–Kier alpha value is -1.61. The Bertz CT molecular complexity index is 485. The van der Waals surface area contributed by atoms with Gasteiger partial charge in [0.05, 0.1) is 24.3 Å². The molecule has 0 radical (unpaired) electrons. The predicted molar refractivity (Wildman–Crippen MR) is 68.5 cm³/mol. The molecule has 1 saturated carbocycles. The number of nitrogens with zero attached hydrogens (tertiary/aromatic N) is 2. The number of benzene rings is 1. The number of aromatic nitrogens is 2. The van der Waals surface area contributed by atoms with Crippen molar-refractivity contribution in [2.45, 2.75) is 18.9 Å². The highest BCUT2D eigenvalue weighted by Crippen LogP contribution is 2.40. The molecule has 1 atom stereocenters. The van der Waals surface area contributed by atoms with Crippen molar-refractivity contribution in [3.63, 3.8) is 0 Å². The van der Waals surface area contributed by atoms with E-state index in [-0.39, 0.29) is 0 Å². The molecule has 1 heterocycles. The Morgan fingerprint density at radius 1 is 1.29 bits per heavy atom. The number of rotatable bonds is 4. The fourth-order valence-corrected chi connectivity index (χ4v) is 2.42. The molecule has 88 valence electrons. The monoisotopic (exact) mass is 227 g/mol. The average molecular weight is 227 g/mol. The molecule has 0 spiro atoms. The third kappa shape index (κ3) is 1.98. The van der Waals surface area contributed by atoms with E-state index in [1.54, 1.807) is 0 Å². The van der Waals surface area contributed by atoms with Gasteiger partial charge in [0.25, 0.3) is 0 Å². The van der Waals surface area contributed by atoms with Gasteiger partial charge < -0.3 is 10.3 Å². The summed E-state index contributed by atoms with van der Waals surface area (Å²) in [6.07, 6.45) is 6.45. The quantitative estimate of drug-likeness (QED) is 0.872. The number of hydrogen-bond donors (Lipinski definition) is 1. The summed E-state index contributed by atoms with van der Waals surface area (Å²) in [5, 5.41) is 0. The maximum Gasteiger partial charge on any atom is 0.0954 e. The van der Waals surface area contributed by atoms with Crippen LogP contribution in [-0.4, -0.2) is 16.1 Å². The molecule has 0 aliphatic heterocycles. The SMILES string of the molecule is NCC(C1CC1)n1cncc1-c1ccccc1. The normalized spacial score (nSPS) is 17.0. The van der Waals surface area contributed by atoms with E-state index >= 15 is 0 Å². The van der Waals surface area contributed by atoms with Gasteiger partial charge >= 0.3 is 0 Å². The van der Waals surface area contributed by atoms with Crippen LogP contribution in [0.5, 0.6) is 0 Å². The van der Waals surface area contributed by atoms with E-state index in [4.69, 9.17) is 5.73 Å². The first-order valence-electron chi connectivity index (χ1n) is 6.17. The zero-order chi connectivity index (χ0) is 11.7. The van der Waals surface area contributed by atoms with Gasteiger partial charge in [0.15, 0.2) is 0 Å². The van der Waals surface area contributed by atoms with Crippen molar-refractivity contribution in [1.29, 1.82) is 0 Å². The fraction of sp³-hybridized carbons (Fsp3) is 0.357. The van der Waals surface area contributed by atoms with E-state index in [0.717, 1.165) is 5.92 Å². The van der Waals surface area contributed by atoms with E-state index in [0.29, 0.717) is 12.6 Å². The average Bonchev–Trinajstić information content (AvgIpc) is 3.09. The first-order valence-corrected chi connectivity index (χ1v) is 6.17. The van der Waals surface area contributed by atoms with Crippen LogP contribution in [0.2, 0.25) is 0 Å². The Balaban J connectivity index is 1.98. The third-order valence-corrected chi connectivity index (χ3v) is 3.50. The highest BCUT2D eigenvalue weighted by molar-refractivity contribution is 5.58. The van der Waals surface area contributed by atoms with Crippen molar-refractivity contribution in [2.24, 2.45) is 11.7 Å². The molecule has 1 fully saturated rings. The molecule has 1 aliphatic rings. The minimum absolute atomic E-state index is 0.410. The molecular weight excluding hydrogens is 210 g/mol. The molecule has 2 aromatic rings. The molecule has 1 unspecified atom stereocenters. The van der Waals surface area contributed by atoms with Gasteiger partial charge in [-0.25, -0.2) is 4.98 Å². The molecule has 1 aliphatic carbocycles. The van der Waals surface area contributed by atoms with Crippen LogP contribution >= 0.6 is 0 Å². The summed E-state index contributed by atoms with van der Waals surface area (Å²) in [5.74, 6) is 0.747. The van der Waals surface area contributed by atoms with E-state index in [2.05, 4.69) is 33.8 Å². The molecule has 1 aromatic carbocycles. The summed E-state index contributed by atoms with van der Waals surface area (Å²) in [5.41, 5.74) is 8.29. The first kappa shape index (κ1) is 10.5. The van der Waals surface area contributed by atoms with E-state index in [1.165, 1.54) is 24.1 Å². The van der Waals surface area contributed by atoms with Crippen LogP contribution in [0.25, 0.3) is 11.3 Å². The second-order valence-corrected chi connectivity index (χ2v) is 4.69. The largest absolute Gasteiger partial charge is 0.328 e. The van der Waals surface area contributed by atoms with E-state index in [9.17, 15) is 0 Å². The Morgan fingerprint density at radius 2 is 2.06 bits per heavy atom. The van der Waals surface area contributed by atoms with Crippen molar-refractivity contribution in [3.05, 3.63) is 42.9 Å². The zero-order valence-corrected chi connectivity index (χ0v) is 9.79. The van der Waals surface area contributed by atoms with Crippen LogP contribution in [0.4, 0.5) is 0 Å². The van der Waals surface area contributed by atoms with Gasteiger partial charge in [0, 0.05) is 6.54 Å². The minimum atomic E-state index is 0.410. The van der Waals surface area contributed by atoms with Crippen LogP contribution in [0.15, 0.2) is 42.9 Å². The molecule has 1 aromatic heterocycles. The summed E-state index contributed by atoms with van der Waals surface area (Å²) >= 11 is 0. The van der Waals surface area contributed by atoms with Crippen molar-refractivity contribution in [3.8, 4) is 11.3 Å². The summed E-state index contributed by atoms with van der Waals surface area (Å²) in [4.78, 5) is 4.28. The van der Waals surface area contributed by atoms with Gasteiger partial charge in [-0.05, 0) is 24.3 Å². The van der Waals surface area contributed by atoms with Gasteiger partial charge in [-0.1, -0.05) is 30.3 Å². The lowest BCUT2D eigenvalue weighted by Gasteiger charge is -2.18. The van der Waals surface area contributed by atoms with Crippen LogP contribution in [0.3, 0.4) is 0 Å². The zero-order valence-electron chi connectivity index (χ0n) is 9.79. The summed E-state index contributed by atoms with van der Waals surface area (Å²) in [7, 11) is 0. The lowest BCUT2D eigenvalue weighted by Crippen LogP contribution is -2.21. The molecule has 0 saturated heterocycles. The van der Waals surface area contributed by atoms with E-state index in [1.807, 2.05) is 18.6 Å². The van der Waals surface area contributed by atoms with E-state index < -0.39 is 0 Å². The molecule has 2 N–H and O–H groups in total. The predicted octanol–water partition coefficient (Wildman–Crippen LogP) is 2.46. The number of nitrogens with two attached hydrogens (primary N) is 1. The molecule has 3 nitrogen and oxygen atoms in total. The molecule has 0 bridgehead atoms. The maximum atomic E-state index is 5.90. The lowest BCUT2D eigenvalue weighted by molar-refractivity contribution is 0.458. The van der Waals surface area contributed by atoms with Gasteiger partial charge in [0.1, 0.15) is 0 Å².